The van der Waals surface area contributed by atoms with Crippen LogP contribution in [0.5, 0.6) is 0 Å². The highest BCUT2D eigenvalue weighted by molar-refractivity contribution is 9.10. The second kappa shape index (κ2) is 7.33. The number of likely N-dealkylation sites (N-methyl/N-ethyl adjacent to an activating group) is 1. The number of halogens is 2. The summed E-state index contributed by atoms with van der Waals surface area (Å²) in [5, 5.41) is 2.60. The van der Waals surface area contributed by atoms with Gasteiger partial charge in [0.2, 0.25) is 0 Å². The Hall–Kier alpha value is -1.72. The molecule has 2 N–H and O–H groups in total. The standard InChI is InChI=1S/C16H16BrFN2O/c1-20(10-12-5-3-2-4-6-12)11-16(21)19-15-8-7-13(17)9-14(15)18/h2-9H,10-11H2,1H3,(H,19,21)/p+1. The maximum atomic E-state index is 13.6. The number of quaternary nitrogens is 1. The molecular weight excluding hydrogens is 335 g/mol. The van der Waals surface area contributed by atoms with E-state index < -0.39 is 5.82 Å². The van der Waals surface area contributed by atoms with Crippen LogP contribution in [0, 0.1) is 5.82 Å². The molecule has 3 nitrogen and oxygen atoms in total. The van der Waals surface area contributed by atoms with Gasteiger partial charge in [0.15, 0.2) is 6.54 Å². The first-order valence-corrected chi connectivity index (χ1v) is 7.44. The first-order chi connectivity index (χ1) is 10.0. The molecule has 0 aliphatic heterocycles. The minimum absolute atomic E-state index is 0.204. The Labute approximate surface area is 131 Å². The van der Waals surface area contributed by atoms with Crippen molar-refractivity contribution in [3.8, 4) is 0 Å². The van der Waals surface area contributed by atoms with E-state index in [0.29, 0.717) is 4.47 Å². The van der Waals surface area contributed by atoms with E-state index in [4.69, 9.17) is 0 Å². The summed E-state index contributed by atoms with van der Waals surface area (Å²) in [5.74, 6) is -0.650. The highest BCUT2D eigenvalue weighted by Gasteiger charge is 2.12. The second-order valence-corrected chi connectivity index (χ2v) is 5.88. The smallest absolute Gasteiger partial charge is 0.279 e. The molecule has 0 bridgehead atoms. The molecule has 1 unspecified atom stereocenters. The van der Waals surface area contributed by atoms with Gasteiger partial charge < -0.3 is 10.2 Å². The lowest BCUT2D eigenvalue weighted by Crippen LogP contribution is -3.08. The Kier molecular flexibility index (Phi) is 5.47. The summed E-state index contributed by atoms with van der Waals surface area (Å²) in [6.45, 7) is 1.03. The third-order valence-electron chi connectivity index (χ3n) is 3.02. The average molecular weight is 352 g/mol. The molecule has 21 heavy (non-hydrogen) atoms. The summed E-state index contributed by atoms with van der Waals surface area (Å²) < 4.78 is 14.3. The zero-order valence-electron chi connectivity index (χ0n) is 11.7. The fraction of sp³-hybridized carbons (Fsp3) is 0.188. The van der Waals surface area contributed by atoms with Crippen molar-refractivity contribution in [1.82, 2.24) is 0 Å². The van der Waals surface area contributed by atoms with Crippen LogP contribution >= 0.6 is 15.9 Å². The zero-order chi connectivity index (χ0) is 15.2. The van der Waals surface area contributed by atoms with Gasteiger partial charge >= 0.3 is 0 Å². The molecule has 2 aromatic rings. The van der Waals surface area contributed by atoms with Gasteiger partial charge in [-0.05, 0) is 18.2 Å². The molecule has 0 fully saturated rings. The maximum Gasteiger partial charge on any atom is 0.279 e. The van der Waals surface area contributed by atoms with Crippen LogP contribution in [0.2, 0.25) is 0 Å². The number of rotatable bonds is 5. The number of benzene rings is 2. The van der Waals surface area contributed by atoms with E-state index in [-0.39, 0.29) is 18.1 Å². The molecular formula is C16H17BrFN2O+. The van der Waals surface area contributed by atoms with Crippen LogP contribution in [-0.4, -0.2) is 19.5 Å². The van der Waals surface area contributed by atoms with Crippen molar-refractivity contribution in [2.45, 2.75) is 6.54 Å². The van der Waals surface area contributed by atoms with Gasteiger partial charge in [-0.15, -0.1) is 0 Å². The molecule has 110 valence electrons. The Bertz CT molecular complexity index is 619. The first-order valence-electron chi connectivity index (χ1n) is 6.65. The molecule has 0 saturated heterocycles. The first kappa shape index (κ1) is 15.7. The highest BCUT2D eigenvalue weighted by atomic mass is 79.9. The monoisotopic (exact) mass is 351 g/mol. The molecule has 1 amide bonds. The number of anilines is 1. The van der Waals surface area contributed by atoms with Gasteiger partial charge in [-0.1, -0.05) is 46.3 Å². The van der Waals surface area contributed by atoms with E-state index in [0.717, 1.165) is 17.0 Å². The van der Waals surface area contributed by atoms with Gasteiger partial charge in [-0.25, -0.2) is 4.39 Å². The summed E-state index contributed by atoms with van der Waals surface area (Å²) in [6.07, 6.45) is 0. The molecule has 0 aliphatic rings. The molecule has 0 saturated carbocycles. The normalized spacial score (nSPS) is 12.0. The van der Waals surface area contributed by atoms with Crippen molar-refractivity contribution >= 4 is 27.5 Å². The predicted molar refractivity (Wildman–Crippen MR) is 84.6 cm³/mol. The molecule has 2 aromatic carbocycles. The van der Waals surface area contributed by atoms with Crippen molar-refractivity contribution in [2.75, 3.05) is 18.9 Å². The number of hydrogen-bond donors (Lipinski definition) is 2. The van der Waals surface area contributed by atoms with Gasteiger partial charge in [-0.2, -0.15) is 0 Å². The van der Waals surface area contributed by atoms with E-state index in [2.05, 4.69) is 21.2 Å². The topological polar surface area (TPSA) is 33.5 Å². The molecule has 5 heteroatoms. The number of hydrogen-bond acceptors (Lipinski definition) is 1. The van der Waals surface area contributed by atoms with Crippen molar-refractivity contribution in [3.63, 3.8) is 0 Å². The van der Waals surface area contributed by atoms with Gasteiger partial charge in [0.25, 0.3) is 5.91 Å². The van der Waals surface area contributed by atoms with E-state index in [1.807, 2.05) is 37.4 Å². The lowest BCUT2D eigenvalue weighted by Gasteiger charge is -2.14. The minimum Gasteiger partial charge on any atom is -0.326 e. The van der Waals surface area contributed by atoms with Crippen LogP contribution < -0.4 is 10.2 Å². The molecule has 0 spiro atoms. The third kappa shape index (κ3) is 4.95. The van der Waals surface area contributed by atoms with Gasteiger partial charge in [0.1, 0.15) is 12.4 Å². The Balaban J connectivity index is 1.89. The lowest BCUT2D eigenvalue weighted by atomic mass is 10.2. The largest absolute Gasteiger partial charge is 0.326 e. The van der Waals surface area contributed by atoms with Crippen molar-refractivity contribution < 1.29 is 14.1 Å². The molecule has 0 radical (unpaired) electrons. The average Bonchev–Trinajstić information content (AvgIpc) is 2.43. The maximum absolute atomic E-state index is 13.6. The fourth-order valence-corrected chi connectivity index (χ4v) is 2.40. The van der Waals surface area contributed by atoms with Crippen LogP contribution in [0.15, 0.2) is 53.0 Å². The number of carbonyl (C=O) groups excluding carboxylic acids is 1. The zero-order valence-corrected chi connectivity index (χ0v) is 13.3. The van der Waals surface area contributed by atoms with Crippen LogP contribution in [0.1, 0.15) is 5.56 Å². The van der Waals surface area contributed by atoms with Crippen LogP contribution in [-0.2, 0) is 11.3 Å². The van der Waals surface area contributed by atoms with Crippen LogP contribution in [0.4, 0.5) is 10.1 Å². The van der Waals surface area contributed by atoms with Crippen LogP contribution in [0.3, 0.4) is 0 Å². The number of carbonyl (C=O) groups is 1. The Morgan fingerprint density at radius 1 is 1.24 bits per heavy atom. The minimum atomic E-state index is -0.446. The quantitative estimate of drug-likeness (QED) is 0.850. The number of nitrogens with one attached hydrogen (secondary N) is 2. The molecule has 1 atom stereocenters. The SMILES string of the molecule is C[NH+](CC(=O)Nc1ccc(Br)cc1F)Cc1ccccc1. The van der Waals surface area contributed by atoms with Crippen molar-refractivity contribution in [3.05, 3.63) is 64.4 Å². The lowest BCUT2D eigenvalue weighted by molar-refractivity contribution is -0.885. The van der Waals surface area contributed by atoms with E-state index in [1.165, 1.54) is 6.07 Å². The summed E-state index contributed by atoms with van der Waals surface area (Å²) in [5.41, 5.74) is 1.37. The Morgan fingerprint density at radius 3 is 2.62 bits per heavy atom. The summed E-state index contributed by atoms with van der Waals surface area (Å²) >= 11 is 3.18. The number of amides is 1. The summed E-state index contributed by atoms with van der Waals surface area (Å²) in [4.78, 5) is 13.0. The molecule has 0 aromatic heterocycles. The van der Waals surface area contributed by atoms with E-state index in [9.17, 15) is 9.18 Å². The van der Waals surface area contributed by atoms with E-state index in [1.54, 1.807) is 12.1 Å². The molecule has 2 rings (SSSR count). The van der Waals surface area contributed by atoms with Gasteiger partial charge in [-0.3, -0.25) is 4.79 Å². The highest BCUT2D eigenvalue weighted by Crippen LogP contribution is 2.18. The third-order valence-corrected chi connectivity index (χ3v) is 3.51. The molecule has 0 aliphatic carbocycles. The fourth-order valence-electron chi connectivity index (χ4n) is 2.07. The van der Waals surface area contributed by atoms with E-state index >= 15 is 0 Å². The molecule has 0 heterocycles. The van der Waals surface area contributed by atoms with Gasteiger partial charge in [0.05, 0.1) is 12.7 Å². The van der Waals surface area contributed by atoms with Crippen LogP contribution in [0.25, 0.3) is 0 Å². The van der Waals surface area contributed by atoms with Crippen molar-refractivity contribution in [1.29, 1.82) is 0 Å². The predicted octanol–water partition coefficient (Wildman–Crippen LogP) is 2.24. The summed E-state index contributed by atoms with van der Waals surface area (Å²) in [7, 11) is 1.94. The second-order valence-electron chi connectivity index (χ2n) is 4.97. The summed E-state index contributed by atoms with van der Waals surface area (Å²) in [6, 6.07) is 14.5. The van der Waals surface area contributed by atoms with Crippen molar-refractivity contribution in [2.24, 2.45) is 0 Å². The van der Waals surface area contributed by atoms with Gasteiger partial charge in [0, 0.05) is 10.0 Å². The Morgan fingerprint density at radius 2 is 1.95 bits per heavy atom.